The normalized spacial score (nSPS) is 17.7. The molecule has 0 saturated carbocycles. The highest BCUT2D eigenvalue weighted by Crippen LogP contribution is 2.01. The molecule has 1 amide bonds. The van der Waals surface area contributed by atoms with Gasteiger partial charge in [-0.2, -0.15) is 5.10 Å². The Morgan fingerprint density at radius 3 is 2.44 bits per heavy atom. The Morgan fingerprint density at radius 1 is 1.33 bits per heavy atom. The van der Waals surface area contributed by atoms with E-state index in [9.17, 15) is 4.79 Å². The van der Waals surface area contributed by atoms with Gasteiger partial charge in [0.05, 0.1) is 13.2 Å². The number of carbonyl (C=O) groups excluding carboxylic acids is 1. The number of hydrazone groups is 1. The quantitative estimate of drug-likeness (QED) is 0.515. The van der Waals surface area contributed by atoms with E-state index >= 15 is 0 Å². The Bertz CT molecular complexity index is 346. The summed E-state index contributed by atoms with van der Waals surface area (Å²) in [4.78, 5) is 18.7. The first kappa shape index (κ1) is 14.4. The zero-order valence-electron chi connectivity index (χ0n) is 11.3. The number of amides is 1. The summed E-state index contributed by atoms with van der Waals surface area (Å²) in [6.07, 6.45) is 0. The van der Waals surface area contributed by atoms with E-state index in [1.54, 1.807) is 30.9 Å². The molecular weight excluding hydrogens is 236 g/mol. The van der Waals surface area contributed by atoms with Crippen LogP contribution < -0.4 is 0 Å². The zero-order valence-corrected chi connectivity index (χ0v) is 11.3. The van der Waals surface area contributed by atoms with Gasteiger partial charge in [0.2, 0.25) is 0 Å². The van der Waals surface area contributed by atoms with E-state index in [0.717, 1.165) is 0 Å². The van der Waals surface area contributed by atoms with Crippen LogP contribution in [0.1, 0.15) is 6.92 Å². The van der Waals surface area contributed by atoms with Gasteiger partial charge < -0.3 is 19.5 Å². The molecule has 0 N–H and O–H groups in total. The van der Waals surface area contributed by atoms with Crippen molar-refractivity contribution >= 4 is 17.3 Å². The Balaban J connectivity index is 2.88. The van der Waals surface area contributed by atoms with Gasteiger partial charge >= 0.3 is 0 Å². The summed E-state index contributed by atoms with van der Waals surface area (Å²) < 4.78 is 5.22. The van der Waals surface area contributed by atoms with Crippen LogP contribution in [-0.4, -0.2) is 74.7 Å². The molecule has 7 heteroatoms. The van der Waals surface area contributed by atoms with Crippen molar-refractivity contribution in [2.75, 3.05) is 47.5 Å². The molecule has 1 saturated heterocycles. The number of morpholine rings is 1. The Labute approximate surface area is 107 Å². The van der Waals surface area contributed by atoms with Crippen molar-refractivity contribution in [2.45, 2.75) is 6.92 Å². The number of nitrogens with zero attached hydrogens (tertiary/aromatic N) is 4. The highest BCUT2D eigenvalue weighted by Gasteiger charge is 2.24. The SMILES string of the molecule is CON=C(C)C(=NN(C)C)C(=O)N1CCOCC1. The average Bonchev–Trinajstić information content (AvgIpc) is 2.36. The van der Waals surface area contributed by atoms with Crippen molar-refractivity contribution in [3.8, 4) is 0 Å². The van der Waals surface area contributed by atoms with Crippen LogP contribution in [0.15, 0.2) is 10.3 Å². The van der Waals surface area contributed by atoms with Crippen LogP contribution in [0, 0.1) is 0 Å². The molecule has 0 aromatic carbocycles. The third-order valence-electron chi connectivity index (χ3n) is 2.37. The maximum Gasteiger partial charge on any atom is 0.276 e. The summed E-state index contributed by atoms with van der Waals surface area (Å²) in [5.74, 6) is -0.148. The molecule has 0 spiro atoms. The highest BCUT2D eigenvalue weighted by molar-refractivity contribution is 6.66. The van der Waals surface area contributed by atoms with E-state index in [1.165, 1.54) is 7.11 Å². The van der Waals surface area contributed by atoms with Crippen LogP contribution in [0.3, 0.4) is 0 Å². The van der Waals surface area contributed by atoms with E-state index in [1.807, 2.05) is 0 Å². The van der Waals surface area contributed by atoms with Crippen molar-refractivity contribution in [3.05, 3.63) is 0 Å². The molecule has 0 bridgehead atoms. The first-order chi connectivity index (χ1) is 8.56. The summed E-state index contributed by atoms with van der Waals surface area (Å²) in [7, 11) is 4.95. The van der Waals surface area contributed by atoms with E-state index in [4.69, 9.17) is 9.57 Å². The average molecular weight is 256 g/mol. The summed E-state index contributed by atoms with van der Waals surface area (Å²) >= 11 is 0. The molecule has 0 radical (unpaired) electrons. The van der Waals surface area contributed by atoms with E-state index in [0.29, 0.717) is 37.7 Å². The van der Waals surface area contributed by atoms with Crippen molar-refractivity contribution in [1.82, 2.24) is 9.91 Å². The largest absolute Gasteiger partial charge is 0.399 e. The number of carbonyl (C=O) groups is 1. The third kappa shape index (κ3) is 3.99. The van der Waals surface area contributed by atoms with E-state index in [-0.39, 0.29) is 5.91 Å². The Morgan fingerprint density at radius 2 is 1.94 bits per heavy atom. The summed E-state index contributed by atoms with van der Waals surface area (Å²) in [5.41, 5.74) is 0.756. The highest BCUT2D eigenvalue weighted by atomic mass is 16.6. The molecule has 1 aliphatic rings. The molecule has 102 valence electrons. The van der Waals surface area contributed by atoms with Crippen molar-refractivity contribution < 1.29 is 14.4 Å². The minimum Gasteiger partial charge on any atom is -0.399 e. The lowest BCUT2D eigenvalue weighted by atomic mass is 10.2. The Kier molecular flexibility index (Phi) is 5.57. The predicted octanol–water partition coefficient (Wildman–Crippen LogP) is -0.215. The zero-order chi connectivity index (χ0) is 13.5. The summed E-state index contributed by atoms with van der Waals surface area (Å²) in [6.45, 7) is 3.96. The minimum absolute atomic E-state index is 0.148. The molecule has 0 aliphatic carbocycles. The van der Waals surface area contributed by atoms with Gasteiger partial charge in [0.15, 0.2) is 5.71 Å². The van der Waals surface area contributed by atoms with Gasteiger partial charge in [-0.05, 0) is 6.92 Å². The fourth-order valence-corrected chi connectivity index (χ4v) is 1.57. The summed E-state index contributed by atoms with van der Waals surface area (Å²) in [6, 6.07) is 0. The number of rotatable bonds is 4. The van der Waals surface area contributed by atoms with Crippen LogP contribution >= 0.6 is 0 Å². The molecule has 0 aromatic heterocycles. The van der Waals surface area contributed by atoms with Crippen molar-refractivity contribution in [3.63, 3.8) is 0 Å². The van der Waals surface area contributed by atoms with Gasteiger partial charge in [0.1, 0.15) is 12.8 Å². The second-order valence-corrected chi connectivity index (χ2v) is 4.06. The number of hydrogen-bond acceptors (Lipinski definition) is 6. The first-order valence-electron chi connectivity index (χ1n) is 5.77. The first-order valence-corrected chi connectivity index (χ1v) is 5.77. The molecule has 0 unspecified atom stereocenters. The monoisotopic (exact) mass is 256 g/mol. The standard InChI is InChI=1S/C11H20N4O3/c1-9(13-17-4)10(12-14(2)3)11(16)15-5-7-18-8-6-15/h5-8H2,1-4H3. The van der Waals surface area contributed by atoms with Gasteiger partial charge in [0, 0.05) is 27.2 Å². The molecule has 1 fully saturated rings. The van der Waals surface area contributed by atoms with Gasteiger partial charge in [0.25, 0.3) is 5.91 Å². The van der Waals surface area contributed by atoms with Crippen LogP contribution in [0.25, 0.3) is 0 Å². The lowest BCUT2D eigenvalue weighted by molar-refractivity contribution is -0.127. The van der Waals surface area contributed by atoms with Crippen LogP contribution in [0.5, 0.6) is 0 Å². The molecule has 0 atom stereocenters. The summed E-state index contributed by atoms with van der Waals surface area (Å²) in [5, 5.41) is 9.52. The number of ether oxygens (including phenoxy) is 1. The molecular formula is C11H20N4O3. The number of hydrogen-bond donors (Lipinski definition) is 0. The van der Waals surface area contributed by atoms with E-state index < -0.39 is 0 Å². The maximum absolute atomic E-state index is 12.3. The second kappa shape index (κ2) is 6.95. The second-order valence-electron chi connectivity index (χ2n) is 4.06. The van der Waals surface area contributed by atoms with Crippen molar-refractivity contribution in [1.29, 1.82) is 0 Å². The molecule has 1 heterocycles. The lowest BCUT2D eigenvalue weighted by Gasteiger charge is -2.27. The molecule has 7 nitrogen and oxygen atoms in total. The smallest absolute Gasteiger partial charge is 0.276 e. The van der Waals surface area contributed by atoms with Crippen molar-refractivity contribution in [2.24, 2.45) is 10.3 Å². The topological polar surface area (TPSA) is 66.7 Å². The molecule has 18 heavy (non-hydrogen) atoms. The Hall–Kier alpha value is -1.63. The van der Waals surface area contributed by atoms with Gasteiger partial charge in [-0.1, -0.05) is 5.16 Å². The number of oxime groups is 1. The fraction of sp³-hybridized carbons (Fsp3) is 0.727. The molecule has 0 aromatic rings. The third-order valence-corrected chi connectivity index (χ3v) is 2.37. The van der Waals surface area contributed by atoms with Crippen LogP contribution in [0.2, 0.25) is 0 Å². The molecule has 1 aliphatic heterocycles. The van der Waals surface area contributed by atoms with Gasteiger partial charge in [-0.25, -0.2) is 0 Å². The predicted molar refractivity (Wildman–Crippen MR) is 68.6 cm³/mol. The lowest BCUT2D eigenvalue weighted by Crippen LogP contribution is -2.46. The van der Waals surface area contributed by atoms with Crippen LogP contribution in [0.4, 0.5) is 0 Å². The van der Waals surface area contributed by atoms with Crippen LogP contribution in [-0.2, 0) is 14.4 Å². The van der Waals surface area contributed by atoms with Gasteiger partial charge in [-0.3, -0.25) is 4.79 Å². The molecule has 1 rings (SSSR count). The fourth-order valence-electron chi connectivity index (χ4n) is 1.57. The van der Waals surface area contributed by atoms with Gasteiger partial charge in [-0.15, -0.1) is 0 Å². The van der Waals surface area contributed by atoms with E-state index in [2.05, 4.69) is 10.3 Å². The minimum atomic E-state index is -0.148. The maximum atomic E-state index is 12.3.